The number of anilines is 1. The first-order chi connectivity index (χ1) is 15.9. The van der Waals surface area contributed by atoms with E-state index in [1.807, 2.05) is 11.9 Å². The zero-order valence-electron chi connectivity index (χ0n) is 18.5. The predicted octanol–water partition coefficient (Wildman–Crippen LogP) is -1.09. The predicted molar refractivity (Wildman–Crippen MR) is 119 cm³/mol. The first kappa shape index (κ1) is 22.9. The fraction of sp³-hybridized carbons (Fsp3) is 0.500. The van der Waals surface area contributed by atoms with E-state index >= 15 is 0 Å². The Morgan fingerprint density at radius 1 is 1.12 bits per heavy atom. The van der Waals surface area contributed by atoms with Crippen molar-refractivity contribution < 1.29 is 24.0 Å². The number of hydrogen-bond acceptors (Lipinski definition) is 8. The molecule has 0 aliphatic carbocycles. The monoisotopic (exact) mass is 456 g/mol. The highest BCUT2D eigenvalue weighted by atomic mass is 16.2. The summed E-state index contributed by atoms with van der Waals surface area (Å²) < 4.78 is 0. The van der Waals surface area contributed by atoms with E-state index < -0.39 is 29.7 Å². The molecule has 0 saturated carbocycles. The number of amides is 5. The van der Waals surface area contributed by atoms with Gasteiger partial charge in [0.25, 0.3) is 11.8 Å². The van der Waals surface area contributed by atoms with Crippen LogP contribution >= 0.6 is 0 Å². The van der Waals surface area contributed by atoms with Crippen LogP contribution in [0, 0.1) is 0 Å². The molecule has 2 atom stereocenters. The molecule has 4 rings (SSSR count). The van der Waals surface area contributed by atoms with Crippen LogP contribution in [0.5, 0.6) is 0 Å². The van der Waals surface area contributed by atoms with Gasteiger partial charge in [-0.2, -0.15) is 0 Å². The number of nitrogens with one attached hydrogen (secondary N) is 4. The van der Waals surface area contributed by atoms with E-state index in [9.17, 15) is 24.0 Å². The van der Waals surface area contributed by atoms with Crippen LogP contribution in [0.1, 0.15) is 40.0 Å². The SMILES string of the molecule is CN(CCNC(=O)C1CCN1)CCNc1cccc2c1C(=O)N(C1CCC(=O)NC1=O)C2=O. The lowest BCUT2D eigenvalue weighted by Crippen LogP contribution is -2.54. The highest BCUT2D eigenvalue weighted by Gasteiger charge is 2.45. The third-order valence-electron chi connectivity index (χ3n) is 6.21. The number of piperidine rings is 1. The molecule has 0 radical (unpaired) electrons. The van der Waals surface area contributed by atoms with Gasteiger partial charge in [0.2, 0.25) is 17.7 Å². The zero-order chi connectivity index (χ0) is 23.5. The summed E-state index contributed by atoms with van der Waals surface area (Å²) in [5.74, 6) is -2.07. The second-order valence-corrected chi connectivity index (χ2v) is 8.49. The van der Waals surface area contributed by atoms with Crippen LogP contribution < -0.4 is 21.3 Å². The normalized spacial score (nSPS) is 22.2. The number of carbonyl (C=O) groups is 5. The highest BCUT2D eigenvalue weighted by molar-refractivity contribution is 6.25. The van der Waals surface area contributed by atoms with E-state index in [2.05, 4.69) is 21.3 Å². The average molecular weight is 457 g/mol. The van der Waals surface area contributed by atoms with Gasteiger partial charge in [0, 0.05) is 38.3 Å². The average Bonchev–Trinajstić information content (AvgIpc) is 2.98. The van der Waals surface area contributed by atoms with Crippen molar-refractivity contribution in [2.45, 2.75) is 31.3 Å². The summed E-state index contributed by atoms with van der Waals surface area (Å²) in [4.78, 5) is 64.5. The van der Waals surface area contributed by atoms with Gasteiger partial charge in [-0.15, -0.1) is 0 Å². The van der Waals surface area contributed by atoms with Gasteiger partial charge in [-0.1, -0.05) is 6.07 Å². The molecule has 0 aromatic heterocycles. The number of likely N-dealkylation sites (N-methyl/N-ethyl adjacent to an activating group) is 1. The molecule has 2 saturated heterocycles. The molecule has 176 valence electrons. The minimum Gasteiger partial charge on any atom is -0.383 e. The smallest absolute Gasteiger partial charge is 0.264 e. The molecular weight excluding hydrogens is 428 g/mol. The molecule has 1 aromatic carbocycles. The number of nitrogens with zero attached hydrogens (tertiary/aromatic N) is 2. The Kier molecular flexibility index (Phi) is 6.70. The summed E-state index contributed by atoms with van der Waals surface area (Å²) >= 11 is 0. The van der Waals surface area contributed by atoms with Crippen molar-refractivity contribution in [2.24, 2.45) is 0 Å². The van der Waals surface area contributed by atoms with Crippen LogP contribution in [0.25, 0.3) is 0 Å². The molecule has 11 heteroatoms. The van der Waals surface area contributed by atoms with Gasteiger partial charge in [0.15, 0.2) is 0 Å². The molecule has 3 aliphatic rings. The van der Waals surface area contributed by atoms with Gasteiger partial charge in [-0.05, 0) is 38.6 Å². The topological polar surface area (TPSA) is 140 Å². The Bertz CT molecular complexity index is 991. The summed E-state index contributed by atoms with van der Waals surface area (Å²) in [7, 11) is 1.93. The molecule has 0 bridgehead atoms. The van der Waals surface area contributed by atoms with Crippen LogP contribution in [0.4, 0.5) is 5.69 Å². The van der Waals surface area contributed by atoms with Crippen LogP contribution in [-0.2, 0) is 14.4 Å². The second-order valence-electron chi connectivity index (χ2n) is 8.49. The van der Waals surface area contributed by atoms with Crippen molar-refractivity contribution in [2.75, 3.05) is 45.1 Å². The molecule has 3 aliphatic heterocycles. The summed E-state index contributed by atoms with van der Waals surface area (Å²) in [5, 5.41) is 11.4. The first-order valence-corrected chi connectivity index (χ1v) is 11.1. The van der Waals surface area contributed by atoms with Gasteiger partial charge in [-0.25, -0.2) is 0 Å². The van der Waals surface area contributed by atoms with E-state index in [0.717, 1.165) is 17.9 Å². The maximum absolute atomic E-state index is 13.1. The van der Waals surface area contributed by atoms with E-state index in [0.29, 0.717) is 31.9 Å². The Morgan fingerprint density at radius 2 is 1.88 bits per heavy atom. The lowest BCUT2D eigenvalue weighted by atomic mass is 10.0. The third kappa shape index (κ3) is 4.74. The number of hydrogen-bond donors (Lipinski definition) is 4. The molecule has 33 heavy (non-hydrogen) atoms. The van der Waals surface area contributed by atoms with Crippen molar-refractivity contribution in [3.8, 4) is 0 Å². The Balaban J connectivity index is 1.31. The van der Waals surface area contributed by atoms with Crippen molar-refractivity contribution in [3.05, 3.63) is 29.3 Å². The largest absolute Gasteiger partial charge is 0.383 e. The number of carbonyl (C=O) groups excluding carboxylic acids is 5. The summed E-state index contributed by atoms with van der Waals surface area (Å²) in [6.07, 6.45) is 1.07. The van der Waals surface area contributed by atoms with Crippen molar-refractivity contribution in [1.82, 2.24) is 25.8 Å². The van der Waals surface area contributed by atoms with Crippen molar-refractivity contribution in [1.29, 1.82) is 0 Å². The Labute approximate surface area is 191 Å². The fourth-order valence-electron chi connectivity index (χ4n) is 4.16. The van der Waals surface area contributed by atoms with Crippen LogP contribution in [0.15, 0.2) is 18.2 Å². The number of rotatable bonds is 9. The van der Waals surface area contributed by atoms with Crippen LogP contribution in [-0.4, -0.2) is 91.2 Å². The summed E-state index contributed by atoms with van der Waals surface area (Å²) in [6.45, 7) is 3.27. The van der Waals surface area contributed by atoms with E-state index in [1.54, 1.807) is 18.2 Å². The van der Waals surface area contributed by atoms with Crippen LogP contribution in [0.2, 0.25) is 0 Å². The van der Waals surface area contributed by atoms with E-state index in [-0.39, 0.29) is 35.9 Å². The van der Waals surface area contributed by atoms with Gasteiger partial charge in [0.05, 0.1) is 17.2 Å². The van der Waals surface area contributed by atoms with E-state index in [4.69, 9.17) is 0 Å². The van der Waals surface area contributed by atoms with Gasteiger partial charge in [0.1, 0.15) is 6.04 Å². The minimum atomic E-state index is -0.987. The number of benzene rings is 1. The maximum atomic E-state index is 13.1. The van der Waals surface area contributed by atoms with Gasteiger partial charge in [-0.3, -0.25) is 34.2 Å². The molecular formula is C22H28N6O5. The second kappa shape index (κ2) is 9.67. The number of imide groups is 2. The Morgan fingerprint density at radius 3 is 2.58 bits per heavy atom. The fourth-order valence-corrected chi connectivity index (χ4v) is 4.16. The molecule has 2 unspecified atom stereocenters. The lowest BCUT2D eigenvalue weighted by molar-refractivity contribution is -0.136. The molecule has 0 spiro atoms. The minimum absolute atomic E-state index is 0.0244. The Hall–Kier alpha value is -3.31. The van der Waals surface area contributed by atoms with Gasteiger partial charge < -0.3 is 20.9 Å². The van der Waals surface area contributed by atoms with E-state index in [1.165, 1.54) is 0 Å². The van der Waals surface area contributed by atoms with Crippen molar-refractivity contribution >= 4 is 35.2 Å². The highest BCUT2D eigenvalue weighted by Crippen LogP contribution is 2.32. The maximum Gasteiger partial charge on any atom is 0.264 e. The zero-order valence-corrected chi connectivity index (χ0v) is 18.5. The summed E-state index contributed by atoms with van der Waals surface area (Å²) in [5.41, 5.74) is 1.02. The molecule has 5 amide bonds. The van der Waals surface area contributed by atoms with Gasteiger partial charge >= 0.3 is 0 Å². The van der Waals surface area contributed by atoms with Crippen molar-refractivity contribution in [3.63, 3.8) is 0 Å². The van der Waals surface area contributed by atoms with Crippen LogP contribution in [0.3, 0.4) is 0 Å². The molecule has 4 N–H and O–H groups in total. The molecule has 1 aromatic rings. The molecule has 11 nitrogen and oxygen atoms in total. The summed E-state index contributed by atoms with van der Waals surface area (Å²) in [6, 6.07) is 3.92. The molecule has 3 heterocycles. The molecule has 2 fully saturated rings. The lowest BCUT2D eigenvalue weighted by Gasteiger charge is -2.27. The standard InChI is InChI=1S/C22H28N6O5/c1-27(12-10-25-19(30)15-7-8-23-15)11-9-24-14-4-2-3-13-18(14)22(33)28(21(13)32)16-5-6-17(29)26-20(16)31/h2-4,15-16,23-24H,5-12H2,1H3,(H,25,30)(H,26,29,31). The number of fused-ring (bicyclic) bond motifs is 1. The third-order valence-corrected chi connectivity index (χ3v) is 6.21. The quantitative estimate of drug-likeness (QED) is 0.344. The first-order valence-electron chi connectivity index (χ1n) is 11.1.